The molecule has 0 spiro atoms. The highest BCUT2D eigenvalue weighted by molar-refractivity contribution is 5.76. The monoisotopic (exact) mass is 249 g/mol. The number of carbonyl (C=O) groups is 1. The molecule has 1 aromatic carbocycles. The fourth-order valence-corrected chi connectivity index (χ4v) is 1.95. The Balaban J connectivity index is 2.46. The normalized spacial score (nSPS) is 10.7. The summed E-state index contributed by atoms with van der Waals surface area (Å²) in [4.78, 5) is 14.0. The van der Waals surface area contributed by atoms with Crippen LogP contribution in [0.15, 0.2) is 30.3 Å². The van der Waals surface area contributed by atoms with Crippen molar-refractivity contribution in [2.75, 3.05) is 13.2 Å². The zero-order valence-corrected chi connectivity index (χ0v) is 11.3. The summed E-state index contributed by atoms with van der Waals surface area (Å²) in [5.41, 5.74) is 1.19. The average molecular weight is 249 g/mol. The summed E-state index contributed by atoms with van der Waals surface area (Å²) in [6.45, 7) is 4.80. The minimum absolute atomic E-state index is 0.134. The fourth-order valence-electron chi connectivity index (χ4n) is 1.95. The zero-order chi connectivity index (χ0) is 13.4. The largest absolute Gasteiger partial charge is 0.396 e. The molecule has 1 rings (SSSR count). The predicted octanol–water partition coefficient (Wildman–Crippen LogP) is 2.24. The van der Waals surface area contributed by atoms with Gasteiger partial charge in [0.05, 0.1) is 0 Å². The summed E-state index contributed by atoms with van der Waals surface area (Å²) >= 11 is 0. The van der Waals surface area contributed by atoms with Gasteiger partial charge in [0.15, 0.2) is 0 Å². The first-order valence-electron chi connectivity index (χ1n) is 6.59. The van der Waals surface area contributed by atoms with Crippen LogP contribution in [0.5, 0.6) is 0 Å². The molecule has 0 aromatic heterocycles. The Labute approximate surface area is 109 Å². The standard InChI is InChI=1S/C15H23NO2/c1-13(2)16(11-6-12-17)15(18)10-9-14-7-4-3-5-8-14/h3-5,7-8,13,17H,6,9-12H2,1-2H3. The van der Waals surface area contributed by atoms with Crippen LogP contribution >= 0.6 is 0 Å². The summed E-state index contributed by atoms with van der Waals surface area (Å²) in [5.74, 6) is 0.169. The van der Waals surface area contributed by atoms with Crippen molar-refractivity contribution in [2.24, 2.45) is 0 Å². The van der Waals surface area contributed by atoms with Crippen LogP contribution in [0.1, 0.15) is 32.3 Å². The molecular formula is C15H23NO2. The van der Waals surface area contributed by atoms with Gasteiger partial charge in [-0.2, -0.15) is 0 Å². The second-order valence-electron chi connectivity index (χ2n) is 4.74. The van der Waals surface area contributed by atoms with E-state index in [4.69, 9.17) is 5.11 Å². The molecule has 0 heterocycles. The van der Waals surface area contributed by atoms with Crippen molar-refractivity contribution in [1.29, 1.82) is 0 Å². The lowest BCUT2D eigenvalue weighted by Gasteiger charge is -2.26. The van der Waals surface area contributed by atoms with Gasteiger partial charge in [0.25, 0.3) is 0 Å². The van der Waals surface area contributed by atoms with Gasteiger partial charge < -0.3 is 10.0 Å². The van der Waals surface area contributed by atoms with Gasteiger partial charge in [-0.25, -0.2) is 0 Å². The number of rotatable bonds is 7. The Morgan fingerprint density at radius 2 is 1.94 bits per heavy atom. The Morgan fingerprint density at radius 1 is 1.28 bits per heavy atom. The van der Waals surface area contributed by atoms with E-state index in [0.717, 1.165) is 6.42 Å². The van der Waals surface area contributed by atoms with Crippen LogP contribution in [-0.4, -0.2) is 35.1 Å². The lowest BCUT2D eigenvalue weighted by atomic mass is 10.1. The molecule has 0 aliphatic carbocycles. The van der Waals surface area contributed by atoms with Crippen molar-refractivity contribution < 1.29 is 9.90 Å². The molecule has 0 bridgehead atoms. The Hall–Kier alpha value is -1.35. The SMILES string of the molecule is CC(C)N(CCCO)C(=O)CCc1ccccc1. The van der Waals surface area contributed by atoms with E-state index in [9.17, 15) is 4.79 Å². The van der Waals surface area contributed by atoms with Gasteiger partial charge in [0, 0.05) is 25.6 Å². The van der Waals surface area contributed by atoms with Crippen LogP contribution < -0.4 is 0 Å². The average Bonchev–Trinajstić information content (AvgIpc) is 2.37. The molecule has 0 radical (unpaired) electrons. The van der Waals surface area contributed by atoms with Gasteiger partial charge in [-0.3, -0.25) is 4.79 Å². The van der Waals surface area contributed by atoms with E-state index in [2.05, 4.69) is 0 Å². The molecule has 3 heteroatoms. The molecule has 1 amide bonds. The number of carbonyl (C=O) groups excluding carboxylic acids is 1. The number of amides is 1. The summed E-state index contributed by atoms with van der Waals surface area (Å²) in [5, 5.41) is 8.85. The number of aliphatic hydroxyl groups is 1. The second kappa shape index (κ2) is 7.88. The molecule has 0 unspecified atom stereocenters. The molecule has 0 atom stereocenters. The Bertz CT molecular complexity index is 349. The third-order valence-electron chi connectivity index (χ3n) is 2.97. The molecule has 1 N–H and O–H groups in total. The van der Waals surface area contributed by atoms with Gasteiger partial charge in [-0.15, -0.1) is 0 Å². The van der Waals surface area contributed by atoms with Gasteiger partial charge in [0.2, 0.25) is 5.91 Å². The minimum Gasteiger partial charge on any atom is -0.396 e. The first-order valence-corrected chi connectivity index (χ1v) is 6.59. The van der Waals surface area contributed by atoms with E-state index in [1.807, 2.05) is 49.1 Å². The lowest BCUT2D eigenvalue weighted by molar-refractivity contribution is -0.133. The highest BCUT2D eigenvalue weighted by Crippen LogP contribution is 2.08. The number of aliphatic hydroxyl groups excluding tert-OH is 1. The highest BCUT2D eigenvalue weighted by Gasteiger charge is 2.15. The number of benzene rings is 1. The molecule has 0 aliphatic heterocycles. The van der Waals surface area contributed by atoms with Crippen molar-refractivity contribution in [3.05, 3.63) is 35.9 Å². The van der Waals surface area contributed by atoms with Crippen LogP contribution in [0.3, 0.4) is 0 Å². The first kappa shape index (κ1) is 14.7. The molecule has 3 nitrogen and oxygen atoms in total. The summed E-state index contributed by atoms with van der Waals surface area (Å²) in [6.07, 6.45) is 1.96. The van der Waals surface area contributed by atoms with Crippen LogP contribution in [0.2, 0.25) is 0 Å². The highest BCUT2D eigenvalue weighted by atomic mass is 16.3. The van der Waals surface area contributed by atoms with Crippen LogP contribution in [-0.2, 0) is 11.2 Å². The Kier molecular flexibility index (Phi) is 6.44. The van der Waals surface area contributed by atoms with Crippen molar-refractivity contribution in [3.63, 3.8) is 0 Å². The molecular weight excluding hydrogens is 226 g/mol. The second-order valence-corrected chi connectivity index (χ2v) is 4.74. The summed E-state index contributed by atoms with van der Waals surface area (Å²) < 4.78 is 0. The lowest BCUT2D eigenvalue weighted by Crippen LogP contribution is -2.38. The summed E-state index contributed by atoms with van der Waals surface area (Å²) in [7, 11) is 0. The number of nitrogens with zero attached hydrogens (tertiary/aromatic N) is 1. The van der Waals surface area contributed by atoms with Gasteiger partial charge in [-0.1, -0.05) is 30.3 Å². The van der Waals surface area contributed by atoms with Gasteiger partial charge in [0.1, 0.15) is 0 Å². The predicted molar refractivity (Wildman–Crippen MR) is 73.3 cm³/mol. The van der Waals surface area contributed by atoms with E-state index in [0.29, 0.717) is 19.4 Å². The van der Waals surface area contributed by atoms with E-state index < -0.39 is 0 Å². The third kappa shape index (κ3) is 4.88. The van der Waals surface area contributed by atoms with E-state index in [1.54, 1.807) is 0 Å². The smallest absolute Gasteiger partial charge is 0.223 e. The van der Waals surface area contributed by atoms with Crippen LogP contribution in [0, 0.1) is 0 Å². The number of aryl methyl sites for hydroxylation is 1. The van der Waals surface area contributed by atoms with E-state index >= 15 is 0 Å². The molecule has 18 heavy (non-hydrogen) atoms. The first-order chi connectivity index (χ1) is 8.65. The van der Waals surface area contributed by atoms with Crippen LogP contribution in [0.4, 0.5) is 0 Å². The number of hydrogen-bond donors (Lipinski definition) is 1. The van der Waals surface area contributed by atoms with Crippen molar-refractivity contribution in [2.45, 2.75) is 39.2 Å². The molecule has 0 fully saturated rings. The third-order valence-corrected chi connectivity index (χ3v) is 2.97. The molecule has 0 saturated heterocycles. The van der Waals surface area contributed by atoms with E-state index in [1.165, 1.54) is 5.56 Å². The van der Waals surface area contributed by atoms with Crippen molar-refractivity contribution in [3.8, 4) is 0 Å². The molecule has 100 valence electrons. The van der Waals surface area contributed by atoms with Gasteiger partial charge in [-0.05, 0) is 32.3 Å². The molecule has 0 aliphatic rings. The maximum atomic E-state index is 12.1. The number of hydrogen-bond acceptors (Lipinski definition) is 2. The van der Waals surface area contributed by atoms with Crippen LogP contribution in [0.25, 0.3) is 0 Å². The summed E-state index contributed by atoms with van der Waals surface area (Å²) in [6, 6.07) is 10.2. The van der Waals surface area contributed by atoms with Crippen molar-refractivity contribution in [1.82, 2.24) is 4.90 Å². The van der Waals surface area contributed by atoms with E-state index in [-0.39, 0.29) is 18.6 Å². The molecule has 1 aromatic rings. The minimum atomic E-state index is 0.134. The maximum Gasteiger partial charge on any atom is 0.223 e. The van der Waals surface area contributed by atoms with Gasteiger partial charge >= 0.3 is 0 Å². The molecule has 0 saturated carbocycles. The topological polar surface area (TPSA) is 40.5 Å². The fraction of sp³-hybridized carbons (Fsp3) is 0.533. The zero-order valence-electron chi connectivity index (χ0n) is 11.3. The maximum absolute atomic E-state index is 12.1. The quantitative estimate of drug-likeness (QED) is 0.805. The van der Waals surface area contributed by atoms with Crippen molar-refractivity contribution >= 4 is 5.91 Å². The Morgan fingerprint density at radius 3 is 2.50 bits per heavy atom.